The van der Waals surface area contributed by atoms with Gasteiger partial charge in [-0.2, -0.15) is 0 Å². The minimum atomic E-state index is -0.875. The molecule has 0 saturated heterocycles. The summed E-state index contributed by atoms with van der Waals surface area (Å²) in [5, 5.41) is 16.1. The van der Waals surface area contributed by atoms with Crippen LogP contribution in [0, 0.1) is 0 Å². The van der Waals surface area contributed by atoms with Gasteiger partial charge in [-0.1, -0.05) is 53.6 Å². The third-order valence-electron chi connectivity index (χ3n) is 4.64. The number of carboxylic acid groups (broad SMARTS) is 1. The van der Waals surface area contributed by atoms with Crippen LogP contribution in [-0.2, 0) is 4.79 Å². The fourth-order valence-corrected chi connectivity index (χ4v) is 3.46. The smallest absolute Gasteiger partial charge is 0.320 e. The topological polar surface area (TPSA) is 98.1 Å². The molecule has 2 aromatic rings. The van der Waals surface area contributed by atoms with Crippen molar-refractivity contribution in [1.29, 1.82) is 0 Å². The van der Waals surface area contributed by atoms with Crippen LogP contribution in [0.5, 0.6) is 0 Å². The molecule has 25 heavy (non-hydrogen) atoms. The maximum Gasteiger partial charge on any atom is 0.320 e. The van der Waals surface area contributed by atoms with Crippen molar-refractivity contribution in [2.24, 2.45) is 5.11 Å². The minimum absolute atomic E-state index is 0.145. The number of carboxylic acids is 1. The van der Waals surface area contributed by atoms with Crippen LogP contribution in [0.1, 0.15) is 29.9 Å². The van der Waals surface area contributed by atoms with Gasteiger partial charge in [-0.05, 0) is 40.6 Å². The highest BCUT2D eigenvalue weighted by Crippen LogP contribution is 2.44. The summed E-state index contributed by atoms with van der Waals surface area (Å²) in [6.45, 7) is 0.879. The van der Waals surface area contributed by atoms with E-state index in [1.165, 1.54) is 22.3 Å². The zero-order chi connectivity index (χ0) is 17.6. The maximum atomic E-state index is 11.5. The Hall–Kier alpha value is -2.82. The molecule has 2 aromatic carbocycles. The molecular formula is C19H20N4O2. The van der Waals surface area contributed by atoms with E-state index in [1.54, 1.807) is 0 Å². The second-order valence-corrected chi connectivity index (χ2v) is 6.12. The van der Waals surface area contributed by atoms with Crippen LogP contribution in [0.4, 0.5) is 0 Å². The van der Waals surface area contributed by atoms with Crippen molar-refractivity contribution < 1.29 is 9.90 Å². The Labute approximate surface area is 146 Å². The highest BCUT2D eigenvalue weighted by molar-refractivity contribution is 5.79. The molecule has 0 heterocycles. The monoisotopic (exact) mass is 336 g/mol. The molecule has 0 amide bonds. The largest absolute Gasteiger partial charge is 0.480 e. The fourth-order valence-electron chi connectivity index (χ4n) is 3.46. The van der Waals surface area contributed by atoms with Gasteiger partial charge in [-0.25, -0.2) is 0 Å². The van der Waals surface area contributed by atoms with E-state index in [2.05, 4.69) is 39.6 Å². The van der Waals surface area contributed by atoms with Gasteiger partial charge in [0.2, 0.25) is 0 Å². The van der Waals surface area contributed by atoms with Gasteiger partial charge in [0.05, 0.1) is 0 Å². The van der Waals surface area contributed by atoms with E-state index in [0.717, 1.165) is 0 Å². The lowest BCUT2D eigenvalue weighted by Crippen LogP contribution is -2.39. The molecule has 0 fully saturated rings. The molecule has 0 spiro atoms. The molecule has 0 saturated carbocycles. The van der Waals surface area contributed by atoms with Crippen LogP contribution in [-0.4, -0.2) is 30.2 Å². The van der Waals surface area contributed by atoms with E-state index < -0.39 is 12.0 Å². The molecule has 0 aromatic heterocycles. The number of benzene rings is 2. The van der Waals surface area contributed by atoms with E-state index in [-0.39, 0.29) is 5.92 Å². The van der Waals surface area contributed by atoms with Crippen LogP contribution in [0.3, 0.4) is 0 Å². The third-order valence-corrected chi connectivity index (χ3v) is 4.64. The average Bonchev–Trinajstić information content (AvgIpc) is 2.95. The Bertz CT molecular complexity index is 769. The fraction of sp³-hybridized carbons (Fsp3) is 0.316. The Morgan fingerprint density at radius 2 is 1.76 bits per heavy atom. The highest BCUT2D eigenvalue weighted by Gasteiger charge is 2.29. The third kappa shape index (κ3) is 3.65. The normalized spacial score (nSPS) is 13.6. The average molecular weight is 336 g/mol. The number of hydrogen-bond acceptors (Lipinski definition) is 3. The zero-order valence-corrected chi connectivity index (χ0v) is 13.8. The number of aliphatic carboxylic acids is 1. The number of fused-ring (bicyclic) bond motifs is 3. The zero-order valence-electron chi connectivity index (χ0n) is 13.8. The van der Waals surface area contributed by atoms with Crippen molar-refractivity contribution >= 4 is 5.97 Å². The van der Waals surface area contributed by atoms with Crippen LogP contribution in [0.2, 0.25) is 0 Å². The molecule has 1 aliphatic carbocycles. The minimum Gasteiger partial charge on any atom is -0.480 e. The van der Waals surface area contributed by atoms with E-state index in [0.29, 0.717) is 25.9 Å². The van der Waals surface area contributed by atoms with Gasteiger partial charge < -0.3 is 10.4 Å². The van der Waals surface area contributed by atoms with E-state index >= 15 is 0 Å². The molecule has 1 unspecified atom stereocenters. The predicted octanol–water partition coefficient (Wildman–Crippen LogP) is 3.93. The van der Waals surface area contributed by atoms with Crippen molar-refractivity contribution in [3.63, 3.8) is 0 Å². The first kappa shape index (κ1) is 17.0. The summed E-state index contributed by atoms with van der Waals surface area (Å²) in [6, 6.07) is 15.9. The second kappa shape index (κ2) is 7.83. The quantitative estimate of drug-likeness (QED) is 0.331. The summed E-state index contributed by atoms with van der Waals surface area (Å²) in [4.78, 5) is 14.2. The summed E-state index contributed by atoms with van der Waals surface area (Å²) in [6.07, 6.45) is 0.982. The number of nitrogens with zero attached hydrogens (tertiary/aromatic N) is 3. The predicted molar refractivity (Wildman–Crippen MR) is 96.4 cm³/mol. The molecule has 0 bridgehead atoms. The van der Waals surface area contributed by atoms with Gasteiger partial charge in [-0.3, -0.25) is 4.79 Å². The Balaban J connectivity index is 1.73. The highest BCUT2D eigenvalue weighted by atomic mass is 16.4. The lowest BCUT2D eigenvalue weighted by atomic mass is 9.96. The van der Waals surface area contributed by atoms with Crippen LogP contribution in [0.15, 0.2) is 53.6 Å². The van der Waals surface area contributed by atoms with E-state index in [9.17, 15) is 9.90 Å². The molecule has 6 heteroatoms. The van der Waals surface area contributed by atoms with Crippen molar-refractivity contribution in [1.82, 2.24) is 5.32 Å². The number of rotatable bonds is 8. The first-order valence-electron chi connectivity index (χ1n) is 8.37. The lowest BCUT2D eigenvalue weighted by Gasteiger charge is -2.19. The molecular weight excluding hydrogens is 316 g/mol. The van der Waals surface area contributed by atoms with Crippen molar-refractivity contribution in [3.05, 3.63) is 70.1 Å². The second-order valence-electron chi connectivity index (χ2n) is 6.12. The number of azide groups is 1. The Morgan fingerprint density at radius 1 is 1.16 bits per heavy atom. The summed E-state index contributed by atoms with van der Waals surface area (Å²) < 4.78 is 0. The lowest BCUT2D eigenvalue weighted by molar-refractivity contribution is -0.139. The Morgan fingerprint density at radius 3 is 2.32 bits per heavy atom. The van der Waals surface area contributed by atoms with Gasteiger partial charge in [0.15, 0.2) is 0 Å². The molecule has 1 aliphatic rings. The number of nitrogens with one attached hydrogen (secondary N) is 1. The first-order valence-corrected chi connectivity index (χ1v) is 8.37. The Kier molecular flexibility index (Phi) is 5.33. The molecule has 6 nitrogen and oxygen atoms in total. The number of carbonyl (C=O) groups is 1. The standard InChI is InChI=1S/C19H20N4O2/c20-23-22-11-5-10-18(19(24)25)21-12-17-15-8-3-1-6-13(15)14-7-2-4-9-16(14)17/h1-4,6-9,17-18,21H,5,10-12H2,(H,24,25). The van der Waals surface area contributed by atoms with Crippen molar-refractivity contribution in [2.75, 3.05) is 13.1 Å². The van der Waals surface area contributed by atoms with Gasteiger partial charge in [-0.15, -0.1) is 0 Å². The van der Waals surface area contributed by atoms with Gasteiger partial charge >= 0.3 is 5.97 Å². The van der Waals surface area contributed by atoms with E-state index in [1.807, 2.05) is 24.3 Å². The number of hydrogen-bond donors (Lipinski definition) is 2. The molecule has 2 N–H and O–H groups in total. The van der Waals surface area contributed by atoms with Gasteiger partial charge in [0, 0.05) is 23.9 Å². The summed E-state index contributed by atoms with van der Waals surface area (Å²) in [5.74, 6) is -0.730. The molecule has 3 rings (SSSR count). The van der Waals surface area contributed by atoms with Crippen LogP contribution >= 0.6 is 0 Å². The summed E-state index contributed by atoms with van der Waals surface area (Å²) in [7, 11) is 0. The SMILES string of the molecule is [N-]=[N+]=NCCCC(NCC1c2ccccc2-c2ccccc21)C(=O)O. The van der Waals surface area contributed by atoms with Gasteiger partial charge in [0.1, 0.15) is 6.04 Å². The first-order chi connectivity index (χ1) is 12.2. The van der Waals surface area contributed by atoms with Crippen LogP contribution < -0.4 is 5.32 Å². The molecule has 0 radical (unpaired) electrons. The maximum absolute atomic E-state index is 11.5. The molecule has 0 aliphatic heterocycles. The molecule has 128 valence electrons. The van der Waals surface area contributed by atoms with Crippen LogP contribution in [0.25, 0.3) is 21.6 Å². The summed E-state index contributed by atoms with van der Waals surface area (Å²) in [5.41, 5.74) is 13.2. The summed E-state index contributed by atoms with van der Waals surface area (Å²) >= 11 is 0. The molecule has 1 atom stereocenters. The van der Waals surface area contributed by atoms with Crippen molar-refractivity contribution in [2.45, 2.75) is 24.8 Å². The van der Waals surface area contributed by atoms with E-state index in [4.69, 9.17) is 5.53 Å². The van der Waals surface area contributed by atoms with Crippen molar-refractivity contribution in [3.8, 4) is 11.1 Å². The van der Waals surface area contributed by atoms with Gasteiger partial charge in [0.25, 0.3) is 0 Å².